The van der Waals surface area contributed by atoms with Crippen LogP contribution in [-0.2, 0) is 10.2 Å². The van der Waals surface area contributed by atoms with Gasteiger partial charge in [0.05, 0.1) is 0 Å². The SMILES string of the molecule is CC1SCCN(S(=O)(=O)N2CCCNCC2)C1C. The zero-order chi connectivity index (χ0) is 13.2. The molecule has 0 spiro atoms. The maximum atomic E-state index is 12.7. The third-order valence-electron chi connectivity index (χ3n) is 3.75. The maximum absolute atomic E-state index is 12.7. The fourth-order valence-corrected chi connectivity index (χ4v) is 5.63. The van der Waals surface area contributed by atoms with Gasteiger partial charge in [-0.2, -0.15) is 28.8 Å². The van der Waals surface area contributed by atoms with E-state index in [0.29, 0.717) is 24.9 Å². The Kier molecular flexibility index (Phi) is 4.93. The van der Waals surface area contributed by atoms with Gasteiger partial charge in [0, 0.05) is 43.2 Å². The topological polar surface area (TPSA) is 52.7 Å². The number of nitrogens with one attached hydrogen (secondary N) is 1. The third kappa shape index (κ3) is 3.01. The van der Waals surface area contributed by atoms with Crippen molar-refractivity contribution in [2.24, 2.45) is 0 Å². The van der Waals surface area contributed by atoms with Gasteiger partial charge in [0.25, 0.3) is 10.2 Å². The van der Waals surface area contributed by atoms with Crippen LogP contribution < -0.4 is 5.32 Å². The van der Waals surface area contributed by atoms with E-state index in [4.69, 9.17) is 0 Å². The van der Waals surface area contributed by atoms with E-state index in [1.165, 1.54) is 0 Å². The molecule has 1 N–H and O–H groups in total. The molecular weight excluding hydrogens is 270 g/mol. The van der Waals surface area contributed by atoms with Crippen LogP contribution in [0.4, 0.5) is 0 Å². The average molecular weight is 293 g/mol. The van der Waals surface area contributed by atoms with Gasteiger partial charge < -0.3 is 5.32 Å². The Morgan fingerprint density at radius 3 is 2.72 bits per heavy atom. The van der Waals surface area contributed by atoms with Crippen molar-refractivity contribution in [1.82, 2.24) is 13.9 Å². The number of thioether (sulfide) groups is 1. The average Bonchev–Trinajstić information content (AvgIpc) is 2.61. The van der Waals surface area contributed by atoms with Gasteiger partial charge in [-0.05, 0) is 19.9 Å². The molecule has 0 saturated carbocycles. The lowest BCUT2D eigenvalue weighted by Gasteiger charge is -2.39. The van der Waals surface area contributed by atoms with Crippen molar-refractivity contribution >= 4 is 22.0 Å². The van der Waals surface area contributed by atoms with Crippen molar-refractivity contribution in [1.29, 1.82) is 0 Å². The zero-order valence-electron chi connectivity index (χ0n) is 11.1. The van der Waals surface area contributed by atoms with Gasteiger partial charge in [0.2, 0.25) is 0 Å². The van der Waals surface area contributed by atoms with Crippen molar-refractivity contribution in [2.75, 3.05) is 38.5 Å². The van der Waals surface area contributed by atoms with Crippen LogP contribution in [0.25, 0.3) is 0 Å². The first-order valence-corrected chi connectivity index (χ1v) is 9.07. The molecule has 2 saturated heterocycles. The summed E-state index contributed by atoms with van der Waals surface area (Å²) in [6.45, 7) is 7.67. The van der Waals surface area contributed by atoms with E-state index in [1.54, 1.807) is 8.61 Å². The molecule has 0 aromatic carbocycles. The molecule has 0 radical (unpaired) electrons. The van der Waals surface area contributed by atoms with E-state index < -0.39 is 10.2 Å². The summed E-state index contributed by atoms with van der Waals surface area (Å²) in [6, 6.07) is 0.0879. The number of nitrogens with zero attached hydrogens (tertiary/aromatic N) is 2. The molecule has 0 aliphatic carbocycles. The first-order chi connectivity index (χ1) is 8.53. The van der Waals surface area contributed by atoms with Crippen LogP contribution in [0.5, 0.6) is 0 Å². The zero-order valence-corrected chi connectivity index (χ0v) is 12.8. The quantitative estimate of drug-likeness (QED) is 0.798. The summed E-state index contributed by atoms with van der Waals surface area (Å²) in [5.41, 5.74) is 0. The van der Waals surface area contributed by atoms with Crippen LogP contribution in [0.1, 0.15) is 20.3 Å². The number of hydrogen-bond acceptors (Lipinski definition) is 4. The van der Waals surface area contributed by atoms with Crippen LogP contribution in [0.15, 0.2) is 0 Å². The standard InChI is InChI=1S/C11H23N3O2S2/c1-10-11(2)17-9-8-14(10)18(15,16)13-6-3-4-12-5-7-13/h10-12H,3-9H2,1-2H3. The summed E-state index contributed by atoms with van der Waals surface area (Å²) < 4.78 is 28.7. The van der Waals surface area contributed by atoms with Crippen LogP contribution in [0.3, 0.4) is 0 Å². The molecule has 7 heteroatoms. The molecule has 0 bridgehead atoms. The molecule has 2 aliphatic heterocycles. The Hall–Kier alpha value is 0.180. The summed E-state index contributed by atoms with van der Waals surface area (Å²) in [5.74, 6) is 0.900. The van der Waals surface area contributed by atoms with E-state index in [2.05, 4.69) is 12.2 Å². The minimum Gasteiger partial charge on any atom is -0.315 e. The summed E-state index contributed by atoms with van der Waals surface area (Å²) in [4.78, 5) is 0. The second-order valence-electron chi connectivity index (χ2n) is 4.94. The Balaban J connectivity index is 2.13. The molecule has 2 aliphatic rings. The fraction of sp³-hybridized carbons (Fsp3) is 1.00. The molecule has 2 rings (SSSR count). The second-order valence-corrected chi connectivity index (χ2v) is 8.30. The Labute approximate surface area is 114 Å². The Morgan fingerprint density at radius 1 is 1.17 bits per heavy atom. The van der Waals surface area contributed by atoms with Gasteiger partial charge >= 0.3 is 0 Å². The first kappa shape index (κ1) is 14.6. The minimum absolute atomic E-state index is 0.0879. The van der Waals surface area contributed by atoms with E-state index in [1.807, 2.05) is 18.7 Å². The van der Waals surface area contributed by atoms with E-state index in [9.17, 15) is 8.42 Å². The molecule has 18 heavy (non-hydrogen) atoms. The van der Waals surface area contributed by atoms with Crippen LogP contribution >= 0.6 is 11.8 Å². The predicted molar refractivity (Wildman–Crippen MR) is 76.1 cm³/mol. The first-order valence-electron chi connectivity index (χ1n) is 6.62. The predicted octanol–water partition coefficient (Wildman–Crippen LogP) is 0.352. The van der Waals surface area contributed by atoms with Gasteiger partial charge in [-0.15, -0.1) is 0 Å². The lowest BCUT2D eigenvalue weighted by Crippen LogP contribution is -2.53. The van der Waals surface area contributed by atoms with Gasteiger partial charge in [-0.3, -0.25) is 0 Å². The molecular formula is C11H23N3O2S2. The summed E-state index contributed by atoms with van der Waals surface area (Å²) in [5, 5.41) is 3.62. The van der Waals surface area contributed by atoms with Crippen LogP contribution in [0, 0.1) is 0 Å². The van der Waals surface area contributed by atoms with Crippen molar-refractivity contribution in [2.45, 2.75) is 31.6 Å². The highest BCUT2D eigenvalue weighted by Gasteiger charge is 2.37. The molecule has 106 valence electrons. The van der Waals surface area contributed by atoms with Crippen molar-refractivity contribution in [3.05, 3.63) is 0 Å². The lowest BCUT2D eigenvalue weighted by atomic mass is 10.2. The summed E-state index contributed by atoms with van der Waals surface area (Å²) in [6.07, 6.45) is 0.895. The van der Waals surface area contributed by atoms with Crippen molar-refractivity contribution in [3.63, 3.8) is 0 Å². The maximum Gasteiger partial charge on any atom is 0.282 e. The monoisotopic (exact) mass is 293 g/mol. The molecule has 2 atom stereocenters. The Morgan fingerprint density at radius 2 is 1.94 bits per heavy atom. The molecule has 0 amide bonds. The largest absolute Gasteiger partial charge is 0.315 e. The minimum atomic E-state index is -3.28. The molecule has 0 aromatic rings. The molecule has 0 aromatic heterocycles. The summed E-state index contributed by atoms with van der Waals surface area (Å²) >= 11 is 1.86. The Bertz CT molecular complexity index is 366. The van der Waals surface area contributed by atoms with Gasteiger partial charge in [0.1, 0.15) is 0 Å². The normalized spacial score (nSPS) is 33.2. The molecule has 5 nitrogen and oxygen atoms in total. The van der Waals surface area contributed by atoms with Crippen LogP contribution in [0.2, 0.25) is 0 Å². The van der Waals surface area contributed by atoms with Gasteiger partial charge in [-0.1, -0.05) is 6.92 Å². The molecule has 2 heterocycles. The highest BCUT2D eigenvalue weighted by molar-refractivity contribution is 8.00. The van der Waals surface area contributed by atoms with Crippen molar-refractivity contribution in [3.8, 4) is 0 Å². The van der Waals surface area contributed by atoms with Crippen LogP contribution in [-0.4, -0.2) is 66.8 Å². The number of rotatable bonds is 2. The molecule has 2 fully saturated rings. The van der Waals surface area contributed by atoms with Gasteiger partial charge in [-0.25, -0.2) is 0 Å². The fourth-order valence-electron chi connectivity index (χ4n) is 2.43. The van der Waals surface area contributed by atoms with E-state index in [0.717, 1.165) is 25.3 Å². The van der Waals surface area contributed by atoms with E-state index in [-0.39, 0.29) is 6.04 Å². The smallest absolute Gasteiger partial charge is 0.282 e. The lowest BCUT2D eigenvalue weighted by molar-refractivity contribution is 0.299. The summed E-state index contributed by atoms with van der Waals surface area (Å²) in [7, 11) is -3.28. The highest BCUT2D eigenvalue weighted by Crippen LogP contribution is 2.27. The third-order valence-corrected chi connectivity index (χ3v) is 7.21. The van der Waals surface area contributed by atoms with Crippen molar-refractivity contribution < 1.29 is 8.42 Å². The second kappa shape index (κ2) is 6.09. The van der Waals surface area contributed by atoms with E-state index >= 15 is 0 Å². The molecule has 2 unspecified atom stereocenters. The van der Waals surface area contributed by atoms with Gasteiger partial charge in [0.15, 0.2) is 0 Å². The highest BCUT2D eigenvalue weighted by atomic mass is 32.2. The number of hydrogen-bond donors (Lipinski definition) is 1.